The molecule has 0 bridgehead atoms. The molecule has 1 aliphatic rings. The second-order valence-electron chi connectivity index (χ2n) is 5.96. The lowest BCUT2D eigenvalue weighted by molar-refractivity contribution is -0.135. The van der Waals surface area contributed by atoms with Crippen LogP contribution >= 0.6 is 0 Å². The van der Waals surface area contributed by atoms with Gasteiger partial charge in [-0.3, -0.25) is 4.98 Å². The van der Waals surface area contributed by atoms with E-state index in [9.17, 15) is 13.2 Å². The minimum atomic E-state index is -4.09. The van der Waals surface area contributed by atoms with Crippen LogP contribution in [0.4, 0.5) is 13.2 Å². The summed E-state index contributed by atoms with van der Waals surface area (Å²) in [7, 11) is 0. The van der Waals surface area contributed by atoms with Crippen molar-refractivity contribution in [2.45, 2.75) is 57.5 Å². The zero-order valence-electron chi connectivity index (χ0n) is 12.5. The number of aromatic nitrogens is 1. The molecule has 2 rings (SSSR count). The van der Waals surface area contributed by atoms with Crippen molar-refractivity contribution in [2.75, 3.05) is 13.2 Å². The van der Waals surface area contributed by atoms with Crippen LogP contribution in [0.3, 0.4) is 0 Å². The Morgan fingerprint density at radius 1 is 1.33 bits per heavy atom. The Labute approximate surface area is 123 Å². The molecule has 0 radical (unpaired) electrons. The fourth-order valence-corrected chi connectivity index (χ4v) is 2.66. The molecule has 0 N–H and O–H groups in total. The molecule has 5 heteroatoms. The average molecular weight is 301 g/mol. The van der Waals surface area contributed by atoms with Crippen LogP contribution in [0.15, 0.2) is 12.1 Å². The maximum atomic E-state index is 12.3. The van der Waals surface area contributed by atoms with Crippen LogP contribution in [-0.2, 0) is 11.2 Å². The first-order valence-corrected chi connectivity index (χ1v) is 7.51. The predicted molar refractivity (Wildman–Crippen MR) is 75.5 cm³/mol. The fourth-order valence-electron chi connectivity index (χ4n) is 2.66. The van der Waals surface area contributed by atoms with Gasteiger partial charge in [0.05, 0.1) is 6.61 Å². The van der Waals surface area contributed by atoms with Crippen molar-refractivity contribution in [1.29, 1.82) is 0 Å². The molecule has 118 valence electrons. The number of alkyl halides is 3. The van der Waals surface area contributed by atoms with E-state index in [0.29, 0.717) is 13.0 Å². The molecule has 0 amide bonds. The van der Waals surface area contributed by atoms with E-state index in [1.165, 1.54) is 0 Å². The van der Waals surface area contributed by atoms with Crippen molar-refractivity contribution in [2.24, 2.45) is 0 Å². The lowest BCUT2D eigenvalue weighted by atomic mass is 9.93. The van der Waals surface area contributed by atoms with Gasteiger partial charge >= 0.3 is 6.18 Å². The first kappa shape index (κ1) is 16.3. The standard InChI is InChI=1S/C16H22F3NO/c1-11(2)14-6-5-13(12-7-9-21-10-12)15(20-14)4-3-8-16(17,18)19/h5-6,11-12H,3-4,7-10H2,1-2H3/t12-/m0/s1. The van der Waals surface area contributed by atoms with E-state index in [1.54, 1.807) is 0 Å². The maximum Gasteiger partial charge on any atom is 0.389 e. The number of ether oxygens (including phenoxy) is 1. The number of halogens is 3. The molecule has 21 heavy (non-hydrogen) atoms. The fraction of sp³-hybridized carbons (Fsp3) is 0.688. The van der Waals surface area contributed by atoms with Crippen LogP contribution < -0.4 is 0 Å². The van der Waals surface area contributed by atoms with Crippen LogP contribution in [0.25, 0.3) is 0 Å². The van der Waals surface area contributed by atoms with E-state index < -0.39 is 12.6 Å². The zero-order valence-corrected chi connectivity index (χ0v) is 12.5. The monoisotopic (exact) mass is 301 g/mol. The summed E-state index contributed by atoms with van der Waals surface area (Å²) in [6.07, 6.45) is -3.44. The Morgan fingerprint density at radius 2 is 2.10 bits per heavy atom. The smallest absolute Gasteiger partial charge is 0.381 e. The van der Waals surface area contributed by atoms with Gasteiger partial charge in [0.15, 0.2) is 0 Å². The molecule has 1 fully saturated rings. The number of rotatable bonds is 5. The van der Waals surface area contributed by atoms with E-state index in [2.05, 4.69) is 4.98 Å². The molecule has 1 aliphatic heterocycles. The summed E-state index contributed by atoms with van der Waals surface area (Å²) in [5.41, 5.74) is 2.83. The van der Waals surface area contributed by atoms with Crippen molar-refractivity contribution in [3.8, 4) is 0 Å². The van der Waals surface area contributed by atoms with Gasteiger partial charge in [-0.05, 0) is 36.8 Å². The molecular weight excluding hydrogens is 279 g/mol. The number of hydrogen-bond acceptors (Lipinski definition) is 2. The summed E-state index contributed by atoms with van der Waals surface area (Å²) >= 11 is 0. The Morgan fingerprint density at radius 3 is 2.67 bits per heavy atom. The van der Waals surface area contributed by atoms with E-state index >= 15 is 0 Å². The second-order valence-corrected chi connectivity index (χ2v) is 5.96. The lowest BCUT2D eigenvalue weighted by Crippen LogP contribution is -2.11. The van der Waals surface area contributed by atoms with Crippen molar-refractivity contribution in [3.63, 3.8) is 0 Å². The minimum Gasteiger partial charge on any atom is -0.381 e. The number of pyridine rings is 1. The first-order chi connectivity index (χ1) is 9.87. The summed E-state index contributed by atoms with van der Waals surface area (Å²) in [5, 5.41) is 0. The van der Waals surface area contributed by atoms with Crippen molar-refractivity contribution < 1.29 is 17.9 Å². The highest BCUT2D eigenvalue weighted by molar-refractivity contribution is 5.29. The summed E-state index contributed by atoms with van der Waals surface area (Å²) in [6.45, 7) is 5.45. The number of aryl methyl sites for hydroxylation is 1. The third kappa shape index (κ3) is 4.70. The largest absolute Gasteiger partial charge is 0.389 e. The minimum absolute atomic E-state index is 0.0959. The van der Waals surface area contributed by atoms with Crippen molar-refractivity contribution >= 4 is 0 Å². The number of hydrogen-bond donors (Lipinski definition) is 0. The van der Waals surface area contributed by atoms with Gasteiger partial charge in [-0.1, -0.05) is 19.9 Å². The van der Waals surface area contributed by atoms with Gasteiger partial charge in [0.25, 0.3) is 0 Å². The molecule has 0 aromatic carbocycles. The quantitative estimate of drug-likeness (QED) is 0.793. The topological polar surface area (TPSA) is 22.1 Å². The number of nitrogens with zero attached hydrogens (tertiary/aromatic N) is 1. The Bertz CT molecular complexity index is 465. The molecule has 0 aliphatic carbocycles. The van der Waals surface area contributed by atoms with Crippen LogP contribution in [0.2, 0.25) is 0 Å². The van der Waals surface area contributed by atoms with Gasteiger partial charge in [-0.25, -0.2) is 0 Å². The van der Waals surface area contributed by atoms with Gasteiger partial charge in [0.1, 0.15) is 0 Å². The van der Waals surface area contributed by atoms with Crippen molar-refractivity contribution in [1.82, 2.24) is 4.98 Å². The molecular formula is C16H22F3NO. The lowest BCUT2D eigenvalue weighted by Gasteiger charge is -2.16. The normalized spacial score (nSPS) is 19.4. The molecule has 2 heterocycles. The van der Waals surface area contributed by atoms with Gasteiger partial charge in [0.2, 0.25) is 0 Å². The van der Waals surface area contributed by atoms with E-state index in [0.717, 1.165) is 30.0 Å². The van der Waals surface area contributed by atoms with Crippen LogP contribution in [-0.4, -0.2) is 24.4 Å². The molecule has 1 aromatic heterocycles. The van der Waals surface area contributed by atoms with Crippen LogP contribution in [0, 0.1) is 0 Å². The van der Waals surface area contributed by atoms with E-state index in [4.69, 9.17) is 4.74 Å². The maximum absolute atomic E-state index is 12.3. The van der Waals surface area contributed by atoms with Crippen molar-refractivity contribution in [3.05, 3.63) is 29.1 Å². The SMILES string of the molecule is CC(C)c1ccc([C@H]2CCOC2)c(CCCC(F)(F)F)n1. The first-order valence-electron chi connectivity index (χ1n) is 7.51. The predicted octanol–water partition coefficient (Wildman–Crippen LogP) is 4.59. The Kier molecular flexibility index (Phi) is 5.25. The van der Waals surface area contributed by atoms with Crippen LogP contribution in [0.1, 0.15) is 61.9 Å². The highest BCUT2D eigenvalue weighted by atomic mass is 19.4. The Balaban J connectivity index is 2.15. The zero-order chi connectivity index (χ0) is 15.5. The molecule has 1 saturated heterocycles. The highest BCUT2D eigenvalue weighted by Gasteiger charge is 2.27. The van der Waals surface area contributed by atoms with Gasteiger partial charge in [-0.2, -0.15) is 13.2 Å². The van der Waals surface area contributed by atoms with Gasteiger partial charge in [-0.15, -0.1) is 0 Å². The van der Waals surface area contributed by atoms with Crippen LogP contribution in [0.5, 0.6) is 0 Å². The summed E-state index contributed by atoms with van der Waals surface area (Å²) < 4.78 is 42.4. The molecule has 0 spiro atoms. The van der Waals surface area contributed by atoms with E-state index in [-0.39, 0.29) is 18.3 Å². The third-order valence-corrected chi connectivity index (χ3v) is 3.87. The molecule has 0 unspecified atom stereocenters. The highest BCUT2D eigenvalue weighted by Crippen LogP contribution is 2.30. The molecule has 2 nitrogen and oxygen atoms in total. The molecule has 1 aromatic rings. The summed E-state index contributed by atoms with van der Waals surface area (Å²) in [5.74, 6) is 0.555. The molecule has 0 saturated carbocycles. The second kappa shape index (κ2) is 6.77. The molecule has 1 atom stereocenters. The average Bonchev–Trinajstić information content (AvgIpc) is 2.90. The summed E-state index contributed by atoms with van der Waals surface area (Å²) in [6, 6.07) is 4.02. The third-order valence-electron chi connectivity index (χ3n) is 3.87. The Hall–Kier alpha value is -1.10. The summed E-state index contributed by atoms with van der Waals surface area (Å²) in [4.78, 5) is 4.61. The van der Waals surface area contributed by atoms with Gasteiger partial charge < -0.3 is 4.74 Å². The van der Waals surface area contributed by atoms with E-state index in [1.807, 2.05) is 26.0 Å². The van der Waals surface area contributed by atoms with Gasteiger partial charge in [0, 0.05) is 30.3 Å².